The van der Waals surface area contributed by atoms with Crippen LogP contribution in [0.2, 0.25) is 0 Å². The van der Waals surface area contributed by atoms with Gasteiger partial charge in [0.2, 0.25) is 0 Å². The van der Waals surface area contributed by atoms with Gasteiger partial charge in [-0.1, -0.05) is 30.3 Å². The number of hydrogen-bond acceptors (Lipinski definition) is 2. The van der Waals surface area contributed by atoms with Gasteiger partial charge in [-0.25, -0.2) is 4.39 Å². The number of hydrogen-bond donors (Lipinski definition) is 2. The van der Waals surface area contributed by atoms with E-state index in [-0.39, 0.29) is 17.8 Å². The maximum Gasteiger partial charge on any atom is 0.252 e. The van der Waals surface area contributed by atoms with Gasteiger partial charge in [-0.2, -0.15) is 0 Å². The summed E-state index contributed by atoms with van der Waals surface area (Å²) in [6.07, 6.45) is 0.661. The van der Waals surface area contributed by atoms with Gasteiger partial charge < -0.3 is 11.1 Å². The Labute approximate surface area is 124 Å². The largest absolute Gasteiger partial charge is 0.346 e. The third-order valence-corrected chi connectivity index (χ3v) is 3.39. The Kier molecular flexibility index (Phi) is 5.06. The maximum atomic E-state index is 12.9. The zero-order valence-electron chi connectivity index (χ0n) is 12.0. The summed E-state index contributed by atoms with van der Waals surface area (Å²) >= 11 is 0. The van der Waals surface area contributed by atoms with Gasteiger partial charge in [0.15, 0.2) is 0 Å². The Balaban J connectivity index is 2.12. The minimum atomic E-state index is -0.287. The first-order valence-electron chi connectivity index (χ1n) is 6.96. The Hall–Kier alpha value is -2.20. The van der Waals surface area contributed by atoms with Crippen LogP contribution in [-0.2, 0) is 6.42 Å². The number of nitrogens with one attached hydrogen (secondary N) is 1. The number of halogens is 1. The molecule has 3 nitrogen and oxygen atoms in total. The van der Waals surface area contributed by atoms with Crippen molar-refractivity contribution < 1.29 is 9.18 Å². The summed E-state index contributed by atoms with van der Waals surface area (Å²) in [6, 6.07) is 13.4. The van der Waals surface area contributed by atoms with Crippen molar-refractivity contribution in [2.45, 2.75) is 19.4 Å². The summed E-state index contributed by atoms with van der Waals surface area (Å²) in [5.74, 6) is -0.429. The average molecular weight is 286 g/mol. The van der Waals surface area contributed by atoms with Crippen LogP contribution in [0.4, 0.5) is 4.39 Å². The molecule has 0 bridgehead atoms. The summed E-state index contributed by atoms with van der Waals surface area (Å²) in [6.45, 7) is 2.37. The predicted octanol–water partition coefficient (Wildman–Crippen LogP) is 2.82. The molecule has 1 amide bonds. The van der Waals surface area contributed by atoms with Crippen molar-refractivity contribution in [2.75, 3.05) is 6.54 Å². The van der Waals surface area contributed by atoms with Crippen LogP contribution in [0.25, 0.3) is 0 Å². The first-order valence-corrected chi connectivity index (χ1v) is 6.96. The molecule has 2 rings (SSSR count). The van der Waals surface area contributed by atoms with Crippen LogP contribution in [-0.4, -0.2) is 12.5 Å². The topological polar surface area (TPSA) is 55.1 Å². The van der Waals surface area contributed by atoms with Crippen molar-refractivity contribution in [1.29, 1.82) is 0 Å². The molecule has 0 radical (unpaired) electrons. The van der Waals surface area contributed by atoms with Gasteiger partial charge in [0.05, 0.1) is 6.04 Å². The quantitative estimate of drug-likeness (QED) is 0.888. The highest BCUT2D eigenvalue weighted by atomic mass is 19.1. The summed E-state index contributed by atoms with van der Waals surface area (Å²) in [7, 11) is 0. The molecular weight excluding hydrogens is 267 g/mol. The van der Waals surface area contributed by atoms with Crippen molar-refractivity contribution in [3.8, 4) is 0 Å². The van der Waals surface area contributed by atoms with Crippen LogP contribution in [0.1, 0.15) is 34.5 Å². The zero-order chi connectivity index (χ0) is 15.2. The second kappa shape index (κ2) is 6.99. The second-order valence-electron chi connectivity index (χ2n) is 4.94. The fraction of sp³-hybridized carbons (Fsp3) is 0.235. The number of benzene rings is 2. The highest BCUT2D eigenvalue weighted by Crippen LogP contribution is 2.15. The van der Waals surface area contributed by atoms with E-state index in [0.29, 0.717) is 18.5 Å². The summed E-state index contributed by atoms with van der Waals surface area (Å²) in [5.41, 5.74) is 8.00. The molecule has 3 N–H and O–H groups in total. The Morgan fingerprint density at radius 3 is 2.52 bits per heavy atom. The molecule has 0 spiro atoms. The molecule has 1 atom stereocenters. The van der Waals surface area contributed by atoms with Crippen molar-refractivity contribution in [2.24, 2.45) is 5.73 Å². The number of carbonyl (C=O) groups excluding carboxylic acids is 1. The van der Waals surface area contributed by atoms with E-state index in [2.05, 4.69) is 5.32 Å². The predicted molar refractivity (Wildman–Crippen MR) is 81.5 cm³/mol. The van der Waals surface area contributed by atoms with Crippen LogP contribution in [0, 0.1) is 5.82 Å². The number of amides is 1. The lowest BCUT2D eigenvalue weighted by Gasteiger charge is -2.16. The van der Waals surface area contributed by atoms with E-state index in [1.54, 1.807) is 18.2 Å². The van der Waals surface area contributed by atoms with Gasteiger partial charge in [-0.15, -0.1) is 0 Å². The standard InChI is InChI=1S/C17H19FN2O/c1-12(13-6-8-15(18)9-7-13)20-17(21)16-5-3-2-4-14(16)10-11-19/h2-9,12H,10-11,19H2,1H3,(H,20,21)/t12-/m1/s1. The molecule has 0 fully saturated rings. The molecule has 0 aromatic heterocycles. The summed E-state index contributed by atoms with van der Waals surface area (Å²) < 4.78 is 12.9. The average Bonchev–Trinajstić information content (AvgIpc) is 2.48. The molecule has 0 aliphatic rings. The van der Waals surface area contributed by atoms with Crippen LogP contribution >= 0.6 is 0 Å². The van der Waals surface area contributed by atoms with E-state index in [9.17, 15) is 9.18 Å². The summed E-state index contributed by atoms with van der Waals surface area (Å²) in [4.78, 5) is 12.4. The zero-order valence-corrected chi connectivity index (χ0v) is 12.0. The Morgan fingerprint density at radius 2 is 1.86 bits per heavy atom. The van der Waals surface area contributed by atoms with Crippen LogP contribution < -0.4 is 11.1 Å². The molecule has 2 aromatic carbocycles. The highest BCUT2D eigenvalue weighted by Gasteiger charge is 2.14. The molecular formula is C17H19FN2O. The van der Waals surface area contributed by atoms with Crippen molar-refractivity contribution in [1.82, 2.24) is 5.32 Å². The first kappa shape index (κ1) is 15.2. The molecule has 4 heteroatoms. The molecule has 0 aliphatic heterocycles. The van der Waals surface area contributed by atoms with Gasteiger partial charge in [0, 0.05) is 5.56 Å². The van der Waals surface area contributed by atoms with Crippen molar-refractivity contribution in [3.63, 3.8) is 0 Å². The van der Waals surface area contributed by atoms with Crippen LogP contribution in [0.5, 0.6) is 0 Å². The number of carbonyl (C=O) groups is 1. The lowest BCUT2D eigenvalue weighted by molar-refractivity contribution is 0.0939. The van der Waals surface area contributed by atoms with Crippen LogP contribution in [0.15, 0.2) is 48.5 Å². The molecule has 0 saturated heterocycles. The number of rotatable bonds is 5. The van der Waals surface area contributed by atoms with E-state index in [1.807, 2.05) is 25.1 Å². The third-order valence-electron chi connectivity index (χ3n) is 3.39. The lowest BCUT2D eigenvalue weighted by Crippen LogP contribution is -2.27. The fourth-order valence-corrected chi connectivity index (χ4v) is 2.22. The minimum absolute atomic E-state index is 0.143. The summed E-state index contributed by atoms with van der Waals surface area (Å²) in [5, 5.41) is 2.93. The Morgan fingerprint density at radius 1 is 1.19 bits per heavy atom. The molecule has 0 saturated carbocycles. The third kappa shape index (κ3) is 3.89. The molecule has 0 unspecified atom stereocenters. The molecule has 0 heterocycles. The highest BCUT2D eigenvalue weighted by molar-refractivity contribution is 5.95. The van der Waals surface area contributed by atoms with E-state index in [4.69, 9.17) is 5.73 Å². The second-order valence-corrected chi connectivity index (χ2v) is 4.94. The van der Waals surface area contributed by atoms with Gasteiger partial charge in [-0.05, 0) is 49.2 Å². The van der Waals surface area contributed by atoms with E-state index in [1.165, 1.54) is 12.1 Å². The maximum absolute atomic E-state index is 12.9. The van der Waals surface area contributed by atoms with Gasteiger partial charge >= 0.3 is 0 Å². The van der Waals surface area contributed by atoms with Gasteiger partial charge in [0.25, 0.3) is 5.91 Å². The van der Waals surface area contributed by atoms with Crippen molar-refractivity contribution >= 4 is 5.91 Å². The molecule has 21 heavy (non-hydrogen) atoms. The Bertz CT molecular complexity index is 610. The van der Waals surface area contributed by atoms with E-state index < -0.39 is 0 Å². The monoisotopic (exact) mass is 286 g/mol. The van der Waals surface area contributed by atoms with Crippen LogP contribution in [0.3, 0.4) is 0 Å². The molecule has 2 aromatic rings. The molecule has 0 aliphatic carbocycles. The lowest BCUT2D eigenvalue weighted by atomic mass is 10.0. The smallest absolute Gasteiger partial charge is 0.252 e. The van der Waals surface area contributed by atoms with E-state index in [0.717, 1.165) is 11.1 Å². The normalized spacial score (nSPS) is 12.0. The molecule has 110 valence electrons. The van der Waals surface area contributed by atoms with Gasteiger partial charge in [0.1, 0.15) is 5.82 Å². The fourth-order valence-electron chi connectivity index (χ4n) is 2.22. The van der Waals surface area contributed by atoms with E-state index >= 15 is 0 Å². The SMILES string of the molecule is C[C@@H](NC(=O)c1ccccc1CCN)c1ccc(F)cc1. The first-order chi connectivity index (χ1) is 10.1. The number of nitrogens with two attached hydrogens (primary N) is 1. The minimum Gasteiger partial charge on any atom is -0.346 e. The van der Waals surface area contributed by atoms with Gasteiger partial charge in [-0.3, -0.25) is 4.79 Å². The van der Waals surface area contributed by atoms with Crippen molar-refractivity contribution in [3.05, 3.63) is 71.0 Å².